The average molecular weight is 817 g/mol. The minimum absolute atomic E-state index is 0.0498. The summed E-state index contributed by atoms with van der Waals surface area (Å²) in [5.74, 6) is -4.59. The maximum absolute atomic E-state index is 13.3. The number of methoxy groups -OCH3 is 1. The number of phenols is 2. The summed E-state index contributed by atoms with van der Waals surface area (Å²) in [6.07, 6.45) is 6.51. The van der Waals surface area contributed by atoms with Crippen molar-refractivity contribution in [2.45, 2.75) is 104 Å². The average Bonchev–Trinajstić information content (AvgIpc) is 3.52. The normalized spacial score (nSPS) is 11.8. The van der Waals surface area contributed by atoms with Crippen LogP contribution >= 0.6 is 0 Å². The van der Waals surface area contributed by atoms with Crippen LogP contribution in [-0.2, 0) is 30.5 Å². The van der Waals surface area contributed by atoms with E-state index in [4.69, 9.17) is 4.74 Å². The number of rotatable bonds is 25. The van der Waals surface area contributed by atoms with Crippen molar-refractivity contribution in [3.05, 3.63) is 40.2 Å². The zero-order chi connectivity index (χ0) is 42.9. The lowest BCUT2D eigenvalue weighted by atomic mass is 9.84. The number of aryl methyl sites for hydroxylation is 1. The Hall–Kier alpha value is -5.53. The van der Waals surface area contributed by atoms with Gasteiger partial charge in [-0.2, -0.15) is 0 Å². The second kappa shape index (κ2) is 23.0. The molecule has 7 N–H and O–H groups in total. The molecular weight excluding hydrogens is 760 g/mol. The number of fused-ring (bicyclic) bond motifs is 2. The van der Waals surface area contributed by atoms with Crippen LogP contribution < -0.4 is 15.4 Å². The maximum Gasteiger partial charge on any atom is 0.247 e. The smallest absolute Gasteiger partial charge is 0.247 e. The fourth-order valence-electron chi connectivity index (χ4n) is 6.47. The van der Waals surface area contributed by atoms with E-state index in [0.717, 1.165) is 6.07 Å². The SMILES string of the molecule is COc1c(O)cc2c(c1O)C(=O)c1c(cn(CCCCCN(O)C(=O)CCC(=O)NCCCCCN(O)C(=O)CCNC(=O)CCCCCN(O)C(C)=O)c1C)C2=O. The van der Waals surface area contributed by atoms with Crippen molar-refractivity contribution < 1.29 is 64.1 Å². The lowest BCUT2D eigenvalue weighted by Crippen LogP contribution is -2.33. The van der Waals surface area contributed by atoms with Gasteiger partial charge in [-0.05, 0) is 64.4 Å². The molecule has 0 unspecified atom stereocenters. The molecule has 0 bridgehead atoms. The van der Waals surface area contributed by atoms with Crippen molar-refractivity contribution in [1.82, 2.24) is 30.4 Å². The molecular formula is C39H56N6O13. The number of nitrogens with zero attached hydrogens (tertiary/aromatic N) is 4. The first-order valence-corrected chi connectivity index (χ1v) is 19.5. The first-order valence-electron chi connectivity index (χ1n) is 19.5. The van der Waals surface area contributed by atoms with Crippen LogP contribution in [0.3, 0.4) is 0 Å². The number of nitrogens with one attached hydrogen (secondary N) is 2. The van der Waals surface area contributed by atoms with Crippen molar-refractivity contribution in [2.24, 2.45) is 0 Å². The van der Waals surface area contributed by atoms with Gasteiger partial charge in [0.2, 0.25) is 35.3 Å². The van der Waals surface area contributed by atoms with Gasteiger partial charge in [-0.3, -0.25) is 49.2 Å². The molecule has 320 valence electrons. The molecule has 19 heteroatoms. The van der Waals surface area contributed by atoms with Crippen molar-refractivity contribution >= 4 is 41.1 Å². The Balaban J connectivity index is 1.22. The summed E-state index contributed by atoms with van der Waals surface area (Å²) in [6.45, 7) is 4.13. The quantitative estimate of drug-likeness (QED) is 0.0369. The number of phenolic OH excluding ortho intramolecular Hbond substituents is 2. The number of carbonyl (C=O) groups excluding carboxylic acids is 7. The zero-order valence-electron chi connectivity index (χ0n) is 33.4. The number of ether oxygens (including phenoxy) is 1. The molecule has 58 heavy (non-hydrogen) atoms. The summed E-state index contributed by atoms with van der Waals surface area (Å²) in [7, 11) is 1.22. The number of hydrogen-bond acceptors (Lipinski definition) is 13. The number of aromatic hydroxyl groups is 2. The van der Waals surface area contributed by atoms with E-state index in [0.29, 0.717) is 91.8 Å². The van der Waals surface area contributed by atoms with Gasteiger partial charge in [0.15, 0.2) is 23.1 Å². The molecule has 1 heterocycles. The molecule has 0 spiro atoms. The summed E-state index contributed by atoms with van der Waals surface area (Å²) in [5.41, 5.74) is 0.534. The fourth-order valence-corrected chi connectivity index (χ4v) is 6.47. The number of hydrogen-bond donors (Lipinski definition) is 7. The molecule has 2 aromatic rings. The van der Waals surface area contributed by atoms with Crippen LogP contribution in [0.1, 0.15) is 128 Å². The Morgan fingerprint density at radius 3 is 1.88 bits per heavy atom. The summed E-state index contributed by atoms with van der Waals surface area (Å²) < 4.78 is 6.74. The van der Waals surface area contributed by atoms with Crippen LogP contribution in [0.4, 0.5) is 0 Å². The Bertz CT molecular complexity index is 1810. The molecule has 3 rings (SSSR count). The molecule has 0 radical (unpaired) electrons. The maximum atomic E-state index is 13.3. The van der Waals surface area contributed by atoms with Gasteiger partial charge in [0, 0.05) is 89.3 Å². The summed E-state index contributed by atoms with van der Waals surface area (Å²) in [5, 5.41) is 57.3. The van der Waals surface area contributed by atoms with Crippen molar-refractivity contribution in [1.29, 1.82) is 0 Å². The van der Waals surface area contributed by atoms with Gasteiger partial charge in [0.25, 0.3) is 0 Å². The van der Waals surface area contributed by atoms with Crippen LogP contribution in [0.25, 0.3) is 0 Å². The largest absolute Gasteiger partial charge is 0.504 e. The number of unbranched alkanes of at least 4 members (excludes halogenated alkanes) is 6. The lowest BCUT2D eigenvalue weighted by molar-refractivity contribution is -0.166. The topological polar surface area (TPSA) is 269 Å². The molecule has 1 aromatic carbocycles. The molecule has 1 aliphatic rings. The van der Waals surface area contributed by atoms with E-state index in [1.54, 1.807) is 17.7 Å². The highest BCUT2D eigenvalue weighted by Crippen LogP contribution is 2.45. The van der Waals surface area contributed by atoms with E-state index < -0.39 is 40.8 Å². The molecule has 5 amide bonds. The molecule has 0 fully saturated rings. The molecule has 0 atom stereocenters. The molecule has 0 saturated carbocycles. The van der Waals surface area contributed by atoms with Crippen molar-refractivity contribution in [2.75, 3.05) is 39.8 Å². The molecule has 1 aliphatic carbocycles. The van der Waals surface area contributed by atoms with Gasteiger partial charge in [0.05, 0.1) is 23.8 Å². The van der Waals surface area contributed by atoms with Gasteiger partial charge >= 0.3 is 0 Å². The van der Waals surface area contributed by atoms with Crippen LogP contribution in [0.2, 0.25) is 0 Å². The van der Waals surface area contributed by atoms with Gasteiger partial charge in [-0.25, -0.2) is 15.2 Å². The number of benzene rings is 1. The molecule has 0 aliphatic heterocycles. The summed E-state index contributed by atoms with van der Waals surface area (Å²) >= 11 is 0. The molecule has 0 saturated heterocycles. The Morgan fingerprint density at radius 1 is 0.672 bits per heavy atom. The second-order valence-electron chi connectivity index (χ2n) is 14.1. The van der Waals surface area contributed by atoms with Crippen molar-refractivity contribution in [3.8, 4) is 17.2 Å². The van der Waals surface area contributed by atoms with Crippen LogP contribution in [0.5, 0.6) is 17.2 Å². The first kappa shape index (κ1) is 46.8. The Labute approximate surface area is 336 Å². The summed E-state index contributed by atoms with van der Waals surface area (Å²) in [6, 6.07) is 1.11. The number of hydroxylamine groups is 6. The number of carbonyl (C=O) groups is 7. The highest BCUT2D eigenvalue weighted by atomic mass is 16.5. The predicted molar refractivity (Wildman–Crippen MR) is 205 cm³/mol. The van der Waals surface area contributed by atoms with E-state index in [1.165, 1.54) is 14.0 Å². The number of ketones is 2. The van der Waals surface area contributed by atoms with Crippen LogP contribution in [0, 0.1) is 6.92 Å². The lowest BCUT2D eigenvalue weighted by Gasteiger charge is -2.18. The van der Waals surface area contributed by atoms with E-state index >= 15 is 0 Å². The number of amides is 5. The first-order chi connectivity index (χ1) is 27.6. The Morgan fingerprint density at radius 2 is 1.24 bits per heavy atom. The number of aromatic nitrogens is 1. The van der Waals surface area contributed by atoms with Gasteiger partial charge < -0.3 is 30.2 Å². The van der Waals surface area contributed by atoms with Crippen LogP contribution in [-0.4, -0.2) is 127 Å². The monoisotopic (exact) mass is 816 g/mol. The third-order valence-electron chi connectivity index (χ3n) is 9.81. The second-order valence-corrected chi connectivity index (χ2v) is 14.1. The van der Waals surface area contributed by atoms with E-state index in [-0.39, 0.29) is 91.7 Å². The zero-order valence-corrected chi connectivity index (χ0v) is 33.4. The van der Waals surface area contributed by atoms with E-state index in [2.05, 4.69) is 10.6 Å². The highest BCUT2D eigenvalue weighted by Gasteiger charge is 2.37. The fraction of sp³-hybridized carbons (Fsp3) is 0.564. The predicted octanol–water partition coefficient (Wildman–Crippen LogP) is 2.97. The minimum Gasteiger partial charge on any atom is -0.504 e. The molecule has 1 aromatic heterocycles. The Kier molecular flexibility index (Phi) is 18.6. The summed E-state index contributed by atoms with van der Waals surface area (Å²) in [4.78, 5) is 86.0. The standard InChI is InChI=1S/C39H56N6O13/c1-25-34-28(36(52)27-23-29(47)39(58-3)38(54)35(27)37(34)53)24-42(25)19-9-6-12-22-44(56)32(50)15-14-31(49)40-17-8-5-11-21-45(57)33(51)16-18-41-30(48)13-7-4-10-20-43(55)26(2)46/h23-24,47,54-57H,4-22H2,1-3H3,(H,40,49)(H,41,48). The van der Waals surface area contributed by atoms with E-state index in [1.807, 2.05) is 0 Å². The van der Waals surface area contributed by atoms with Gasteiger partial charge in [-0.15, -0.1) is 0 Å². The molecule has 19 nitrogen and oxygen atoms in total. The van der Waals surface area contributed by atoms with E-state index in [9.17, 15) is 59.4 Å². The van der Waals surface area contributed by atoms with Crippen LogP contribution in [0.15, 0.2) is 12.3 Å². The highest BCUT2D eigenvalue weighted by molar-refractivity contribution is 6.30. The van der Waals surface area contributed by atoms with Gasteiger partial charge in [0.1, 0.15) is 0 Å². The third-order valence-corrected chi connectivity index (χ3v) is 9.81. The minimum atomic E-state index is -0.601. The van der Waals surface area contributed by atoms with Gasteiger partial charge in [-0.1, -0.05) is 6.42 Å². The van der Waals surface area contributed by atoms with Crippen molar-refractivity contribution in [3.63, 3.8) is 0 Å². The third kappa shape index (κ3) is 13.3.